The zero-order valence-corrected chi connectivity index (χ0v) is 15.2. The van der Waals surface area contributed by atoms with Crippen LogP contribution >= 0.6 is 0 Å². The van der Waals surface area contributed by atoms with Crippen LogP contribution < -0.4 is 0 Å². The fourth-order valence-electron chi connectivity index (χ4n) is 3.30. The molecule has 0 atom stereocenters. The first-order chi connectivity index (χ1) is 11.9. The minimum absolute atomic E-state index is 0.109. The summed E-state index contributed by atoms with van der Waals surface area (Å²) in [5.41, 5.74) is 6.38. The van der Waals surface area contributed by atoms with E-state index in [-0.39, 0.29) is 5.41 Å². The van der Waals surface area contributed by atoms with Gasteiger partial charge in [-0.25, -0.2) is 9.97 Å². The number of rotatable bonds is 1. The lowest BCUT2D eigenvalue weighted by molar-refractivity contribution is 0.591. The molecule has 1 heterocycles. The summed E-state index contributed by atoms with van der Waals surface area (Å²) in [6.45, 7) is 8.71. The molecule has 2 heteroatoms. The highest BCUT2D eigenvalue weighted by molar-refractivity contribution is 5.97. The molecule has 0 amide bonds. The van der Waals surface area contributed by atoms with Crippen LogP contribution in [-0.4, -0.2) is 9.97 Å². The molecule has 4 rings (SSSR count). The van der Waals surface area contributed by atoms with Gasteiger partial charge < -0.3 is 0 Å². The Hall–Kier alpha value is -2.74. The Bertz CT molecular complexity index is 1080. The first-order valence-electron chi connectivity index (χ1n) is 8.70. The molecule has 0 saturated carbocycles. The zero-order valence-electron chi connectivity index (χ0n) is 15.2. The molecule has 25 heavy (non-hydrogen) atoms. The van der Waals surface area contributed by atoms with E-state index in [0.717, 1.165) is 28.0 Å². The molecular formula is C23H22N2. The van der Waals surface area contributed by atoms with Crippen LogP contribution in [0.5, 0.6) is 0 Å². The average molecular weight is 326 g/mol. The number of nitrogens with zero attached hydrogens (tertiary/aromatic N) is 2. The van der Waals surface area contributed by atoms with Gasteiger partial charge in [-0.05, 0) is 40.8 Å². The summed E-state index contributed by atoms with van der Waals surface area (Å²) >= 11 is 0. The van der Waals surface area contributed by atoms with E-state index < -0.39 is 0 Å². The van der Waals surface area contributed by atoms with Crippen molar-refractivity contribution in [3.05, 3.63) is 71.9 Å². The van der Waals surface area contributed by atoms with Crippen molar-refractivity contribution in [2.75, 3.05) is 0 Å². The second kappa shape index (κ2) is 5.66. The lowest BCUT2D eigenvalue weighted by Gasteiger charge is -2.19. The van der Waals surface area contributed by atoms with Crippen LogP contribution in [0, 0.1) is 6.92 Å². The van der Waals surface area contributed by atoms with Crippen molar-refractivity contribution in [1.29, 1.82) is 0 Å². The van der Waals surface area contributed by atoms with Gasteiger partial charge in [-0.1, -0.05) is 69.3 Å². The SMILES string of the molecule is Cc1nc2cc(C(C)(C)C)ccc2nc1-c1cccc2ccccc12. The first-order valence-corrected chi connectivity index (χ1v) is 8.70. The lowest BCUT2D eigenvalue weighted by atomic mass is 9.87. The summed E-state index contributed by atoms with van der Waals surface area (Å²) in [7, 11) is 0. The van der Waals surface area contributed by atoms with Crippen molar-refractivity contribution in [2.45, 2.75) is 33.1 Å². The highest BCUT2D eigenvalue weighted by Crippen LogP contribution is 2.31. The molecule has 124 valence electrons. The normalized spacial score (nSPS) is 12.0. The molecule has 0 aliphatic carbocycles. The van der Waals surface area contributed by atoms with E-state index in [9.17, 15) is 0 Å². The van der Waals surface area contributed by atoms with Gasteiger partial charge in [0.2, 0.25) is 0 Å². The average Bonchev–Trinajstić information content (AvgIpc) is 2.59. The predicted molar refractivity (Wildman–Crippen MR) is 106 cm³/mol. The van der Waals surface area contributed by atoms with Crippen LogP contribution in [0.2, 0.25) is 0 Å². The molecule has 3 aromatic carbocycles. The van der Waals surface area contributed by atoms with Gasteiger partial charge in [-0.3, -0.25) is 0 Å². The van der Waals surface area contributed by atoms with Gasteiger partial charge in [0.25, 0.3) is 0 Å². The van der Waals surface area contributed by atoms with Crippen molar-refractivity contribution in [3.8, 4) is 11.3 Å². The number of benzene rings is 3. The Morgan fingerprint density at radius 2 is 1.52 bits per heavy atom. The molecule has 0 N–H and O–H groups in total. The van der Waals surface area contributed by atoms with E-state index in [1.807, 2.05) is 6.92 Å². The maximum Gasteiger partial charge on any atom is 0.0928 e. The summed E-state index contributed by atoms with van der Waals surface area (Å²) in [6, 6.07) is 21.2. The molecule has 0 saturated heterocycles. The maximum absolute atomic E-state index is 4.96. The predicted octanol–water partition coefficient (Wildman–Crippen LogP) is 6.06. The molecule has 0 aliphatic heterocycles. The Kier molecular flexibility index (Phi) is 3.57. The smallest absolute Gasteiger partial charge is 0.0928 e. The van der Waals surface area contributed by atoms with Crippen molar-refractivity contribution in [1.82, 2.24) is 9.97 Å². The van der Waals surface area contributed by atoms with Crippen LogP contribution in [-0.2, 0) is 5.41 Å². The minimum atomic E-state index is 0.109. The number of hydrogen-bond donors (Lipinski definition) is 0. The van der Waals surface area contributed by atoms with Crippen molar-refractivity contribution in [2.24, 2.45) is 0 Å². The molecule has 4 aromatic rings. The molecule has 0 fully saturated rings. The third-order valence-corrected chi connectivity index (χ3v) is 4.75. The van der Waals surface area contributed by atoms with Crippen LogP contribution in [0.4, 0.5) is 0 Å². The number of aromatic nitrogens is 2. The third kappa shape index (κ3) is 2.78. The van der Waals surface area contributed by atoms with E-state index in [4.69, 9.17) is 9.97 Å². The van der Waals surface area contributed by atoms with E-state index in [1.165, 1.54) is 16.3 Å². The van der Waals surface area contributed by atoms with Gasteiger partial charge in [0.15, 0.2) is 0 Å². The summed E-state index contributed by atoms with van der Waals surface area (Å²) in [4.78, 5) is 9.83. The summed E-state index contributed by atoms with van der Waals surface area (Å²) in [5, 5.41) is 2.44. The van der Waals surface area contributed by atoms with Crippen molar-refractivity contribution >= 4 is 21.8 Å². The van der Waals surface area contributed by atoms with E-state index in [1.54, 1.807) is 0 Å². The number of hydrogen-bond acceptors (Lipinski definition) is 2. The highest BCUT2D eigenvalue weighted by Gasteiger charge is 2.16. The first kappa shape index (κ1) is 15.8. The fourth-order valence-corrected chi connectivity index (χ4v) is 3.30. The van der Waals surface area contributed by atoms with Gasteiger partial charge in [0.05, 0.1) is 22.4 Å². The molecule has 0 bridgehead atoms. The maximum atomic E-state index is 4.96. The largest absolute Gasteiger partial charge is 0.249 e. The topological polar surface area (TPSA) is 25.8 Å². The van der Waals surface area contributed by atoms with Crippen molar-refractivity contribution in [3.63, 3.8) is 0 Å². The van der Waals surface area contributed by atoms with Gasteiger partial charge in [-0.2, -0.15) is 0 Å². The molecule has 0 spiro atoms. The van der Waals surface area contributed by atoms with Gasteiger partial charge in [0.1, 0.15) is 0 Å². The summed E-state index contributed by atoms with van der Waals surface area (Å²) in [5.74, 6) is 0. The number of fused-ring (bicyclic) bond motifs is 2. The Balaban J connectivity index is 1.95. The standard InChI is InChI=1S/C23H22N2/c1-15-22(19-11-7-9-16-8-5-6-10-18(16)19)25-20-13-12-17(23(2,3)4)14-21(20)24-15/h5-14H,1-4H3. The van der Waals surface area contributed by atoms with Gasteiger partial charge in [-0.15, -0.1) is 0 Å². The third-order valence-electron chi connectivity index (χ3n) is 4.75. The lowest BCUT2D eigenvalue weighted by Crippen LogP contribution is -2.11. The highest BCUT2D eigenvalue weighted by atomic mass is 14.8. The second-order valence-corrected chi connectivity index (χ2v) is 7.64. The molecular weight excluding hydrogens is 304 g/mol. The monoisotopic (exact) mass is 326 g/mol. The quantitative estimate of drug-likeness (QED) is 0.425. The molecule has 1 aromatic heterocycles. The van der Waals surface area contributed by atoms with E-state index in [0.29, 0.717) is 0 Å². The Morgan fingerprint density at radius 3 is 2.32 bits per heavy atom. The minimum Gasteiger partial charge on any atom is -0.249 e. The van der Waals surface area contributed by atoms with Gasteiger partial charge in [0, 0.05) is 5.56 Å². The zero-order chi connectivity index (χ0) is 17.6. The summed E-state index contributed by atoms with van der Waals surface area (Å²) in [6.07, 6.45) is 0. The summed E-state index contributed by atoms with van der Waals surface area (Å²) < 4.78 is 0. The van der Waals surface area contributed by atoms with Crippen LogP contribution in [0.25, 0.3) is 33.1 Å². The fraction of sp³-hybridized carbons (Fsp3) is 0.217. The molecule has 0 radical (unpaired) electrons. The van der Waals surface area contributed by atoms with Gasteiger partial charge >= 0.3 is 0 Å². The van der Waals surface area contributed by atoms with E-state index >= 15 is 0 Å². The molecule has 0 unspecified atom stereocenters. The second-order valence-electron chi connectivity index (χ2n) is 7.64. The molecule has 0 aliphatic rings. The Labute approximate surface area is 148 Å². The van der Waals surface area contributed by atoms with Crippen LogP contribution in [0.3, 0.4) is 0 Å². The Morgan fingerprint density at radius 1 is 0.760 bits per heavy atom. The van der Waals surface area contributed by atoms with Crippen molar-refractivity contribution < 1.29 is 0 Å². The van der Waals surface area contributed by atoms with Crippen LogP contribution in [0.1, 0.15) is 32.0 Å². The number of aryl methyl sites for hydroxylation is 1. The van der Waals surface area contributed by atoms with Crippen LogP contribution in [0.15, 0.2) is 60.7 Å². The van der Waals surface area contributed by atoms with E-state index in [2.05, 4.69) is 81.4 Å². The molecule has 2 nitrogen and oxygen atoms in total.